The average Bonchev–Trinajstić information content (AvgIpc) is 2.87. The van der Waals surface area contributed by atoms with Crippen LogP contribution in [0.4, 0.5) is 0 Å². The smallest absolute Gasteiger partial charge is 0.191 e. The van der Waals surface area contributed by atoms with Crippen LogP contribution >= 0.6 is 0 Å². The van der Waals surface area contributed by atoms with Crippen LogP contribution in [0.15, 0.2) is 4.42 Å². The molecule has 4 heteroatoms. The molecule has 1 heterocycles. The second kappa shape index (κ2) is 5.19. The van der Waals surface area contributed by atoms with Crippen LogP contribution in [-0.4, -0.2) is 16.1 Å². The molecule has 0 spiro atoms. The highest BCUT2D eigenvalue weighted by Crippen LogP contribution is 2.31. The predicted octanol–water partition coefficient (Wildman–Crippen LogP) is 2.23. The molecule has 3 N–H and O–H groups in total. The first kappa shape index (κ1) is 12.6. The molecule has 96 valence electrons. The lowest BCUT2D eigenvalue weighted by molar-refractivity contribution is 0.108. The molecule has 1 aromatic heterocycles. The van der Waals surface area contributed by atoms with E-state index in [1.807, 2.05) is 6.92 Å². The molecule has 0 amide bonds. The Hall–Kier alpha value is -0.870. The van der Waals surface area contributed by atoms with E-state index in [-0.39, 0.29) is 6.04 Å². The first-order valence-electron chi connectivity index (χ1n) is 6.45. The van der Waals surface area contributed by atoms with Crippen molar-refractivity contribution in [2.24, 2.45) is 11.7 Å². The van der Waals surface area contributed by atoms with Crippen molar-refractivity contribution < 1.29 is 9.52 Å². The van der Waals surface area contributed by atoms with Crippen molar-refractivity contribution in [2.45, 2.75) is 58.1 Å². The van der Waals surface area contributed by atoms with Gasteiger partial charge in [0, 0.05) is 13.0 Å². The van der Waals surface area contributed by atoms with Crippen LogP contribution < -0.4 is 5.73 Å². The lowest BCUT2D eigenvalue weighted by Gasteiger charge is -2.20. The van der Waals surface area contributed by atoms with Gasteiger partial charge >= 0.3 is 0 Å². The van der Waals surface area contributed by atoms with Gasteiger partial charge in [-0.2, -0.15) is 0 Å². The van der Waals surface area contributed by atoms with Gasteiger partial charge in [-0.25, -0.2) is 4.98 Å². The van der Waals surface area contributed by atoms with E-state index < -0.39 is 6.10 Å². The maximum absolute atomic E-state index is 10.2. The molecule has 0 radical (unpaired) electrons. The average molecular weight is 238 g/mol. The van der Waals surface area contributed by atoms with Crippen LogP contribution in [0.5, 0.6) is 0 Å². The second-order valence-electron chi connectivity index (χ2n) is 5.18. The summed E-state index contributed by atoms with van der Waals surface area (Å²) in [7, 11) is 0. The molecule has 0 aromatic carbocycles. The number of aryl methyl sites for hydroxylation is 2. The van der Waals surface area contributed by atoms with Gasteiger partial charge in [-0.1, -0.05) is 25.7 Å². The Morgan fingerprint density at radius 1 is 1.41 bits per heavy atom. The number of nitrogens with zero attached hydrogens (tertiary/aromatic N) is 1. The van der Waals surface area contributed by atoms with Crippen LogP contribution in [0.2, 0.25) is 0 Å². The standard InChI is InChI=1S/C13H22N2O2/c1-8-13(17-9(2)15-8)12(16)11(14)7-10-5-3-4-6-10/h10-12,16H,3-7,14H2,1-2H3. The fraction of sp³-hybridized carbons (Fsp3) is 0.769. The van der Waals surface area contributed by atoms with Crippen molar-refractivity contribution in [2.75, 3.05) is 0 Å². The molecule has 2 unspecified atom stereocenters. The van der Waals surface area contributed by atoms with Gasteiger partial charge in [0.1, 0.15) is 6.10 Å². The van der Waals surface area contributed by atoms with Crippen LogP contribution in [0.25, 0.3) is 0 Å². The van der Waals surface area contributed by atoms with Gasteiger partial charge in [0.25, 0.3) is 0 Å². The molecule has 4 nitrogen and oxygen atoms in total. The Morgan fingerprint density at radius 3 is 2.59 bits per heavy atom. The summed E-state index contributed by atoms with van der Waals surface area (Å²) in [6, 6.07) is -0.246. The van der Waals surface area contributed by atoms with Crippen LogP contribution in [0.1, 0.15) is 55.6 Å². The SMILES string of the molecule is Cc1nc(C)c(C(O)C(N)CC2CCCC2)o1. The first-order valence-corrected chi connectivity index (χ1v) is 6.45. The molecule has 0 saturated heterocycles. The van der Waals surface area contributed by atoms with Gasteiger partial charge in [0.2, 0.25) is 0 Å². The molecule has 0 bridgehead atoms. The molecule has 1 fully saturated rings. The molecule has 1 aromatic rings. The van der Waals surface area contributed by atoms with Gasteiger partial charge in [0.15, 0.2) is 11.7 Å². The monoisotopic (exact) mass is 238 g/mol. The quantitative estimate of drug-likeness (QED) is 0.843. The zero-order valence-electron chi connectivity index (χ0n) is 10.6. The number of aliphatic hydroxyl groups is 1. The maximum Gasteiger partial charge on any atom is 0.191 e. The minimum absolute atomic E-state index is 0.246. The van der Waals surface area contributed by atoms with E-state index in [0.29, 0.717) is 17.6 Å². The molecule has 2 atom stereocenters. The van der Waals surface area contributed by atoms with E-state index in [1.54, 1.807) is 6.92 Å². The zero-order chi connectivity index (χ0) is 12.4. The van der Waals surface area contributed by atoms with Crippen molar-refractivity contribution in [3.8, 4) is 0 Å². The Balaban J connectivity index is 1.98. The molecule has 1 saturated carbocycles. The Labute approximate surface area is 102 Å². The molecule has 1 aliphatic carbocycles. The van der Waals surface area contributed by atoms with E-state index >= 15 is 0 Å². The largest absolute Gasteiger partial charge is 0.443 e. The third kappa shape index (κ3) is 2.87. The van der Waals surface area contributed by atoms with E-state index in [9.17, 15) is 5.11 Å². The van der Waals surface area contributed by atoms with Gasteiger partial charge < -0.3 is 15.3 Å². The minimum atomic E-state index is -0.725. The first-order chi connectivity index (χ1) is 8.08. The molecule has 2 rings (SSSR count). The van der Waals surface area contributed by atoms with Crippen LogP contribution in [0, 0.1) is 19.8 Å². The van der Waals surface area contributed by atoms with Gasteiger partial charge in [0.05, 0.1) is 5.69 Å². The van der Waals surface area contributed by atoms with E-state index in [4.69, 9.17) is 10.2 Å². The summed E-state index contributed by atoms with van der Waals surface area (Å²) >= 11 is 0. The van der Waals surface area contributed by atoms with Crippen molar-refractivity contribution in [3.63, 3.8) is 0 Å². The van der Waals surface area contributed by atoms with E-state index in [2.05, 4.69) is 4.98 Å². The lowest BCUT2D eigenvalue weighted by atomic mass is 9.94. The molecular weight excluding hydrogens is 216 g/mol. The predicted molar refractivity (Wildman–Crippen MR) is 65.5 cm³/mol. The van der Waals surface area contributed by atoms with Crippen molar-refractivity contribution in [1.29, 1.82) is 0 Å². The normalized spacial score (nSPS) is 20.7. The number of rotatable bonds is 4. The highest BCUT2D eigenvalue weighted by molar-refractivity contribution is 5.12. The van der Waals surface area contributed by atoms with E-state index in [1.165, 1.54) is 25.7 Å². The topological polar surface area (TPSA) is 72.3 Å². The summed E-state index contributed by atoms with van der Waals surface area (Å²) in [5, 5.41) is 10.2. The minimum Gasteiger partial charge on any atom is -0.443 e. The summed E-state index contributed by atoms with van der Waals surface area (Å²) in [6.45, 7) is 3.63. The Kier molecular flexibility index (Phi) is 3.84. The zero-order valence-corrected chi connectivity index (χ0v) is 10.6. The number of hydrogen-bond acceptors (Lipinski definition) is 4. The van der Waals surface area contributed by atoms with Gasteiger partial charge in [-0.05, 0) is 19.3 Å². The van der Waals surface area contributed by atoms with Crippen molar-refractivity contribution in [1.82, 2.24) is 4.98 Å². The molecular formula is C13H22N2O2. The highest BCUT2D eigenvalue weighted by Gasteiger charge is 2.27. The van der Waals surface area contributed by atoms with Crippen LogP contribution in [-0.2, 0) is 0 Å². The fourth-order valence-electron chi connectivity index (χ4n) is 2.78. The number of aromatic nitrogens is 1. The van der Waals surface area contributed by atoms with Gasteiger partial charge in [-0.3, -0.25) is 0 Å². The maximum atomic E-state index is 10.2. The number of hydrogen-bond donors (Lipinski definition) is 2. The van der Waals surface area contributed by atoms with Gasteiger partial charge in [-0.15, -0.1) is 0 Å². The molecule has 17 heavy (non-hydrogen) atoms. The van der Waals surface area contributed by atoms with Crippen molar-refractivity contribution in [3.05, 3.63) is 17.3 Å². The fourth-order valence-corrected chi connectivity index (χ4v) is 2.78. The number of nitrogens with two attached hydrogens (primary N) is 1. The summed E-state index contributed by atoms with van der Waals surface area (Å²) < 4.78 is 5.42. The van der Waals surface area contributed by atoms with Crippen LogP contribution in [0.3, 0.4) is 0 Å². The molecule has 0 aliphatic heterocycles. The summed E-state index contributed by atoms with van der Waals surface area (Å²) in [4.78, 5) is 4.16. The lowest BCUT2D eigenvalue weighted by Crippen LogP contribution is -2.30. The summed E-state index contributed by atoms with van der Waals surface area (Å²) in [6.07, 6.45) is 5.24. The second-order valence-corrected chi connectivity index (χ2v) is 5.18. The summed E-state index contributed by atoms with van der Waals surface area (Å²) in [5.74, 6) is 1.79. The number of oxazole rings is 1. The highest BCUT2D eigenvalue weighted by atomic mass is 16.4. The molecule has 1 aliphatic rings. The summed E-state index contributed by atoms with van der Waals surface area (Å²) in [5.41, 5.74) is 6.82. The van der Waals surface area contributed by atoms with Crippen molar-refractivity contribution >= 4 is 0 Å². The van der Waals surface area contributed by atoms with E-state index in [0.717, 1.165) is 12.1 Å². The third-order valence-electron chi connectivity index (χ3n) is 3.69. The number of aliphatic hydroxyl groups excluding tert-OH is 1. The Bertz CT molecular complexity index is 369. The third-order valence-corrected chi connectivity index (χ3v) is 3.69. The Morgan fingerprint density at radius 2 is 2.06 bits per heavy atom.